The minimum Gasteiger partial charge on any atom is -0.338 e. The third kappa shape index (κ3) is 5.68. The molecule has 172 valence electrons. The molecule has 1 aromatic heterocycles. The molecule has 1 amide bonds. The van der Waals surface area contributed by atoms with Gasteiger partial charge in [-0.1, -0.05) is 18.7 Å². The Morgan fingerprint density at radius 3 is 2.75 bits per heavy atom. The lowest BCUT2D eigenvalue weighted by Crippen LogP contribution is -2.45. The van der Waals surface area contributed by atoms with Crippen molar-refractivity contribution >= 4 is 34.7 Å². The zero-order valence-electron chi connectivity index (χ0n) is 18.7. The van der Waals surface area contributed by atoms with Crippen molar-refractivity contribution in [1.29, 1.82) is 0 Å². The van der Waals surface area contributed by atoms with Gasteiger partial charge in [-0.05, 0) is 69.7 Å². The average molecular weight is 475 g/mol. The number of thiazole rings is 1. The lowest BCUT2D eigenvalue weighted by molar-refractivity contribution is -0.387. The van der Waals surface area contributed by atoms with Crippen LogP contribution in [0.2, 0.25) is 0 Å². The smallest absolute Gasteiger partial charge is 0.284 e. The van der Waals surface area contributed by atoms with Gasteiger partial charge in [-0.3, -0.25) is 14.9 Å². The molecule has 1 atom stereocenters. The minimum absolute atomic E-state index is 0.0373. The second-order valence-corrected chi connectivity index (χ2v) is 11.2. The van der Waals surface area contributed by atoms with Gasteiger partial charge < -0.3 is 9.80 Å². The first-order chi connectivity index (χ1) is 15.4. The SMILES string of the molecule is Cc1csc(Sc2ccc(C(=O)N3CCCC(CN4CCC(C)CC4)C3)cc2[N+](=O)[O-])n1. The van der Waals surface area contributed by atoms with E-state index in [0.29, 0.717) is 16.4 Å². The summed E-state index contributed by atoms with van der Waals surface area (Å²) >= 11 is 2.74. The van der Waals surface area contributed by atoms with Crippen LogP contribution in [0.5, 0.6) is 0 Å². The number of benzene rings is 1. The van der Waals surface area contributed by atoms with Crippen molar-refractivity contribution in [3.8, 4) is 0 Å². The first-order valence-electron chi connectivity index (χ1n) is 11.3. The van der Waals surface area contributed by atoms with Crippen molar-refractivity contribution < 1.29 is 9.72 Å². The van der Waals surface area contributed by atoms with Crippen molar-refractivity contribution in [1.82, 2.24) is 14.8 Å². The summed E-state index contributed by atoms with van der Waals surface area (Å²) in [6.07, 6.45) is 4.63. The molecule has 2 fully saturated rings. The minimum atomic E-state index is -0.407. The molecule has 0 radical (unpaired) electrons. The highest BCUT2D eigenvalue weighted by Gasteiger charge is 2.28. The number of carbonyl (C=O) groups is 1. The second kappa shape index (κ2) is 10.3. The van der Waals surface area contributed by atoms with E-state index in [2.05, 4.69) is 16.8 Å². The Hall–Kier alpha value is -1.97. The molecule has 4 rings (SSSR count). The van der Waals surface area contributed by atoms with Gasteiger partial charge in [0.2, 0.25) is 0 Å². The molecule has 7 nitrogen and oxygen atoms in total. The number of aryl methyl sites for hydroxylation is 1. The molecule has 1 unspecified atom stereocenters. The lowest BCUT2D eigenvalue weighted by Gasteiger charge is -2.37. The number of amides is 1. The van der Waals surface area contributed by atoms with Crippen LogP contribution in [0.3, 0.4) is 0 Å². The van der Waals surface area contributed by atoms with E-state index in [1.165, 1.54) is 42.0 Å². The summed E-state index contributed by atoms with van der Waals surface area (Å²) in [6.45, 7) is 9.00. The number of nitro groups is 1. The number of piperidine rings is 2. The summed E-state index contributed by atoms with van der Waals surface area (Å²) in [5.41, 5.74) is 1.25. The maximum absolute atomic E-state index is 13.2. The molecule has 2 aliphatic heterocycles. The number of carbonyl (C=O) groups excluding carboxylic acids is 1. The van der Waals surface area contributed by atoms with Gasteiger partial charge in [0.25, 0.3) is 11.6 Å². The van der Waals surface area contributed by atoms with E-state index in [1.807, 2.05) is 17.2 Å². The predicted octanol–water partition coefficient (Wildman–Crippen LogP) is 5.10. The largest absolute Gasteiger partial charge is 0.338 e. The van der Waals surface area contributed by atoms with Crippen LogP contribution < -0.4 is 0 Å². The summed E-state index contributed by atoms with van der Waals surface area (Å²) in [4.78, 5) is 33.8. The monoisotopic (exact) mass is 474 g/mol. The molecule has 0 aliphatic carbocycles. The summed E-state index contributed by atoms with van der Waals surface area (Å²) in [5, 5.41) is 13.6. The number of aromatic nitrogens is 1. The summed E-state index contributed by atoms with van der Waals surface area (Å²) in [7, 11) is 0. The Kier molecular flexibility index (Phi) is 7.48. The van der Waals surface area contributed by atoms with Crippen LogP contribution in [-0.4, -0.2) is 58.3 Å². The highest BCUT2D eigenvalue weighted by atomic mass is 32.2. The molecular weight excluding hydrogens is 444 g/mol. The fourth-order valence-corrected chi connectivity index (χ4v) is 6.42. The van der Waals surface area contributed by atoms with Crippen LogP contribution in [-0.2, 0) is 0 Å². The standard InChI is InChI=1S/C23H30N4O3S2/c1-16-7-10-25(11-8-16)13-18-4-3-9-26(14-18)22(28)19-5-6-21(20(12-19)27(29)30)32-23-24-17(2)15-31-23/h5-6,12,15-16,18H,3-4,7-11,13-14H2,1-2H3. The summed E-state index contributed by atoms with van der Waals surface area (Å²) in [6, 6.07) is 4.83. The van der Waals surface area contributed by atoms with Gasteiger partial charge in [0.15, 0.2) is 4.34 Å². The quantitative estimate of drug-likeness (QED) is 0.428. The molecule has 2 aromatic rings. The van der Waals surface area contributed by atoms with E-state index >= 15 is 0 Å². The molecule has 2 saturated heterocycles. The van der Waals surface area contributed by atoms with Crippen molar-refractivity contribution in [2.24, 2.45) is 11.8 Å². The molecule has 0 bridgehead atoms. The Bertz CT molecular complexity index is 972. The van der Waals surface area contributed by atoms with E-state index in [-0.39, 0.29) is 11.6 Å². The van der Waals surface area contributed by atoms with Crippen LogP contribution in [0.25, 0.3) is 0 Å². The molecule has 1 aromatic carbocycles. The summed E-state index contributed by atoms with van der Waals surface area (Å²) < 4.78 is 0.760. The van der Waals surface area contributed by atoms with Gasteiger partial charge in [0.1, 0.15) is 0 Å². The summed E-state index contributed by atoms with van der Waals surface area (Å²) in [5.74, 6) is 1.18. The van der Waals surface area contributed by atoms with Gasteiger partial charge in [-0.25, -0.2) is 4.98 Å². The molecule has 2 aliphatic rings. The van der Waals surface area contributed by atoms with Crippen LogP contribution in [0.15, 0.2) is 32.8 Å². The van der Waals surface area contributed by atoms with E-state index in [4.69, 9.17) is 0 Å². The molecule has 0 spiro atoms. The number of rotatable bonds is 6. The van der Waals surface area contributed by atoms with Gasteiger partial charge in [0, 0.05) is 42.3 Å². The van der Waals surface area contributed by atoms with Gasteiger partial charge >= 0.3 is 0 Å². The lowest BCUT2D eigenvalue weighted by atomic mass is 9.94. The maximum Gasteiger partial charge on any atom is 0.284 e. The number of hydrogen-bond acceptors (Lipinski definition) is 7. The van der Waals surface area contributed by atoms with Crippen molar-refractivity contribution in [3.63, 3.8) is 0 Å². The topological polar surface area (TPSA) is 79.6 Å². The van der Waals surface area contributed by atoms with Crippen LogP contribution in [0, 0.1) is 28.9 Å². The van der Waals surface area contributed by atoms with Crippen LogP contribution in [0.4, 0.5) is 5.69 Å². The molecule has 3 heterocycles. The Labute approximate surface area is 197 Å². The second-order valence-electron chi connectivity index (χ2n) is 9.04. The fraction of sp³-hybridized carbons (Fsp3) is 0.565. The van der Waals surface area contributed by atoms with E-state index in [9.17, 15) is 14.9 Å². The van der Waals surface area contributed by atoms with Gasteiger partial charge in [-0.15, -0.1) is 11.3 Å². The number of hydrogen-bond donors (Lipinski definition) is 0. The molecular formula is C23H30N4O3S2. The van der Waals surface area contributed by atoms with Gasteiger partial charge in [0.05, 0.1) is 9.82 Å². The highest BCUT2D eigenvalue weighted by molar-refractivity contribution is 8.01. The third-order valence-corrected chi connectivity index (χ3v) is 8.52. The first kappa shape index (κ1) is 23.2. The third-order valence-electron chi connectivity index (χ3n) is 6.40. The predicted molar refractivity (Wildman–Crippen MR) is 128 cm³/mol. The van der Waals surface area contributed by atoms with E-state index in [0.717, 1.165) is 61.5 Å². The Morgan fingerprint density at radius 1 is 1.28 bits per heavy atom. The number of nitrogens with zero attached hydrogens (tertiary/aromatic N) is 4. The van der Waals surface area contributed by atoms with Crippen LogP contribution >= 0.6 is 23.1 Å². The zero-order valence-corrected chi connectivity index (χ0v) is 20.3. The average Bonchev–Trinajstić information content (AvgIpc) is 3.19. The maximum atomic E-state index is 13.2. The van der Waals surface area contributed by atoms with Gasteiger partial charge in [-0.2, -0.15) is 0 Å². The number of likely N-dealkylation sites (tertiary alicyclic amines) is 2. The van der Waals surface area contributed by atoms with Crippen molar-refractivity contribution in [2.75, 3.05) is 32.7 Å². The Morgan fingerprint density at radius 2 is 2.06 bits per heavy atom. The normalized spacial score (nSPS) is 20.4. The number of nitro benzene ring substituents is 1. The zero-order chi connectivity index (χ0) is 22.7. The highest BCUT2D eigenvalue weighted by Crippen LogP contribution is 2.37. The molecule has 9 heteroatoms. The van der Waals surface area contributed by atoms with E-state index in [1.54, 1.807) is 12.1 Å². The molecule has 0 saturated carbocycles. The van der Waals surface area contributed by atoms with Crippen molar-refractivity contribution in [2.45, 2.75) is 48.8 Å². The van der Waals surface area contributed by atoms with Crippen molar-refractivity contribution in [3.05, 3.63) is 45.0 Å². The van der Waals surface area contributed by atoms with E-state index < -0.39 is 4.92 Å². The molecule has 32 heavy (non-hydrogen) atoms. The Balaban J connectivity index is 1.43. The fourth-order valence-electron chi connectivity index (χ4n) is 4.54. The first-order valence-corrected chi connectivity index (χ1v) is 13.0. The molecule has 0 N–H and O–H groups in total. The van der Waals surface area contributed by atoms with Crippen LogP contribution in [0.1, 0.15) is 48.7 Å².